The predicted molar refractivity (Wildman–Crippen MR) is 111 cm³/mol. The van der Waals surface area contributed by atoms with Gasteiger partial charge in [0.15, 0.2) is 9.11 Å². The number of thioether (sulfide) groups is 1. The Labute approximate surface area is 167 Å². The molecule has 2 aromatic heterocycles. The summed E-state index contributed by atoms with van der Waals surface area (Å²) in [7, 11) is 2.01. The standard InChI is InChI=1S/C18H23N5S3/c1-13-6-5-9-22(10-13)12-23-18(24)21(2)16(20-23)11-25-17-19-14-7-3-4-8-15(14)26-17/h3-4,7-8,13H,5-6,9-12H2,1-2H3/t13-/m0/s1. The van der Waals surface area contributed by atoms with Crippen LogP contribution in [0.4, 0.5) is 0 Å². The van der Waals surface area contributed by atoms with Gasteiger partial charge in [0.05, 0.1) is 22.6 Å². The quantitative estimate of drug-likeness (QED) is 0.460. The fourth-order valence-corrected chi connectivity index (χ4v) is 5.64. The average Bonchev–Trinajstić information content (AvgIpc) is 3.16. The highest BCUT2D eigenvalue weighted by Crippen LogP contribution is 2.31. The first-order valence-electron chi connectivity index (χ1n) is 8.93. The summed E-state index contributed by atoms with van der Waals surface area (Å²) in [5.41, 5.74) is 1.07. The van der Waals surface area contributed by atoms with Crippen molar-refractivity contribution in [2.75, 3.05) is 13.1 Å². The first-order chi connectivity index (χ1) is 12.6. The lowest BCUT2D eigenvalue weighted by Crippen LogP contribution is -2.36. The second-order valence-electron chi connectivity index (χ2n) is 6.96. The van der Waals surface area contributed by atoms with Gasteiger partial charge in [-0.15, -0.1) is 11.3 Å². The van der Waals surface area contributed by atoms with Crippen molar-refractivity contribution >= 4 is 45.5 Å². The SMILES string of the molecule is C[C@H]1CCCN(Cn2nc(CSc3nc4ccccc4s3)n(C)c2=S)C1. The topological polar surface area (TPSA) is 38.9 Å². The van der Waals surface area contributed by atoms with Crippen molar-refractivity contribution in [3.05, 3.63) is 34.9 Å². The maximum absolute atomic E-state index is 5.61. The number of hydrogen-bond acceptors (Lipinski definition) is 6. The molecular weight excluding hydrogens is 382 g/mol. The second-order valence-corrected chi connectivity index (χ2v) is 9.58. The summed E-state index contributed by atoms with van der Waals surface area (Å²) in [4.78, 5) is 7.15. The van der Waals surface area contributed by atoms with Gasteiger partial charge >= 0.3 is 0 Å². The van der Waals surface area contributed by atoms with Crippen molar-refractivity contribution in [2.45, 2.75) is 36.5 Å². The zero-order valence-electron chi connectivity index (χ0n) is 15.1. The molecule has 26 heavy (non-hydrogen) atoms. The summed E-state index contributed by atoms with van der Waals surface area (Å²) in [5, 5.41) is 4.79. The summed E-state index contributed by atoms with van der Waals surface area (Å²) in [5.74, 6) is 2.55. The van der Waals surface area contributed by atoms with Gasteiger partial charge in [-0.1, -0.05) is 30.8 Å². The molecule has 1 atom stereocenters. The third-order valence-electron chi connectivity index (χ3n) is 4.81. The first kappa shape index (κ1) is 18.2. The van der Waals surface area contributed by atoms with Gasteiger partial charge in [0.2, 0.25) is 0 Å². The third kappa shape index (κ3) is 3.88. The van der Waals surface area contributed by atoms with Crippen LogP contribution in [-0.2, 0) is 19.5 Å². The number of para-hydroxylation sites is 1. The Morgan fingerprint density at radius 1 is 1.35 bits per heavy atom. The fourth-order valence-electron chi connectivity index (χ4n) is 3.39. The van der Waals surface area contributed by atoms with Gasteiger partial charge in [-0.25, -0.2) is 9.67 Å². The van der Waals surface area contributed by atoms with Crippen molar-refractivity contribution in [2.24, 2.45) is 13.0 Å². The van der Waals surface area contributed by atoms with Crippen LogP contribution in [0.2, 0.25) is 0 Å². The van der Waals surface area contributed by atoms with E-state index in [2.05, 4.69) is 30.0 Å². The molecule has 1 aliphatic rings. The van der Waals surface area contributed by atoms with Crippen molar-refractivity contribution in [1.29, 1.82) is 0 Å². The van der Waals surface area contributed by atoms with E-state index in [9.17, 15) is 0 Å². The Bertz CT molecular complexity index is 924. The lowest BCUT2D eigenvalue weighted by Gasteiger charge is -2.30. The molecule has 1 saturated heterocycles. The molecular formula is C18H23N5S3. The van der Waals surface area contributed by atoms with Crippen molar-refractivity contribution in [3.63, 3.8) is 0 Å². The van der Waals surface area contributed by atoms with E-state index in [0.717, 1.165) is 51.9 Å². The molecule has 0 unspecified atom stereocenters. The number of fused-ring (bicyclic) bond motifs is 1. The number of likely N-dealkylation sites (tertiary alicyclic amines) is 1. The van der Waals surface area contributed by atoms with Crippen molar-refractivity contribution in [1.82, 2.24) is 24.2 Å². The molecule has 138 valence electrons. The summed E-state index contributed by atoms with van der Waals surface area (Å²) < 4.78 is 7.11. The summed E-state index contributed by atoms with van der Waals surface area (Å²) in [6.45, 7) is 5.39. The lowest BCUT2D eigenvalue weighted by molar-refractivity contribution is 0.138. The van der Waals surface area contributed by atoms with Gasteiger partial charge in [-0.05, 0) is 49.7 Å². The van der Waals surface area contributed by atoms with E-state index in [1.165, 1.54) is 17.5 Å². The molecule has 4 rings (SSSR count). The molecule has 0 amide bonds. The van der Waals surface area contributed by atoms with E-state index in [4.69, 9.17) is 22.3 Å². The molecule has 1 aromatic carbocycles. The average molecular weight is 406 g/mol. The molecule has 3 aromatic rings. The Morgan fingerprint density at radius 2 is 2.19 bits per heavy atom. The highest BCUT2D eigenvalue weighted by molar-refractivity contribution is 8.00. The lowest BCUT2D eigenvalue weighted by atomic mass is 10.0. The molecule has 0 saturated carbocycles. The van der Waals surface area contributed by atoms with Crippen LogP contribution < -0.4 is 0 Å². The van der Waals surface area contributed by atoms with Crippen LogP contribution in [0.3, 0.4) is 0 Å². The van der Waals surface area contributed by atoms with Gasteiger partial charge in [0, 0.05) is 13.6 Å². The normalized spacial score (nSPS) is 18.6. The molecule has 0 radical (unpaired) electrons. The van der Waals surface area contributed by atoms with E-state index in [1.54, 1.807) is 23.1 Å². The van der Waals surface area contributed by atoms with E-state index in [1.807, 2.05) is 22.4 Å². The van der Waals surface area contributed by atoms with Crippen molar-refractivity contribution < 1.29 is 0 Å². The first-order valence-corrected chi connectivity index (χ1v) is 11.1. The summed E-state index contributed by atoms with van der Waals surface area (Å²) in [6, 6.07) is 8.27. The fraction of sp³-hybridized carbons (Fsp3) is 0.500. The zero-order chi connectivity index (χ0) is 18.1. The number of aromatic nitrogens is 4. The molecule has 0 aliphatic carbocycles. The number of benzene rings is 1. The monoisotopic (exact) mass is 405 g/mol. The maximum atomic E-state index is 5.61. The molecule has 1 aliphatic heterocycles. The number of piperidine rings is 1. The molecule has 0 N–H and O–H groups in total. The number of thiazole rings is 1. The van der Waals surface area contributed by atoms with E-state index >= 15 is 0 Å². The largest absolute Gasteiger partial charge is 0.306 e. The van der Waals surface area contributed by atoms with Crippen LogP contribution in [0.5, 0.6) is 0 Å². The molecule has 5 nitrogen and oxygen atoms in total. The Balaban J connectivity index is 1.46. The number of hydrogen-bond donors (Lipinski definition) is 0. The maximum Gasteiger partial charge on any atom is 0.198 e. The second kappa shape index (κ2) is 7.80. The summed E-state index contributed by atoms with van der Waals surface area (Å²) in [6.07, 6.45) is 2.59. The van der Waals surface area contributed by atoms with Crippen LogP contribution in [0, 0.1) is 10.7 Å². The number of rotatable bonds is 5. The van der Waals surface area contributed by atoms with Crippen LogP contribution in [0.15, 0.2) is 28.6 Å². The Morgan fingerprint density at radius 3 is 3.00 bits per heavy atom. The van der Waals surface area contributed by atoms with E-state index in [0.29, 0.717) is 0 Å². The minimum atomic E-state index is 0.760. The minimum absolute atomic E-state index is 0.760. The molecule has 0 spiro atoms. The molecule has 1 fully saturated rings. The van der Waals surface area contributed by atoms with Gasteiger partial charge in [0.1, 0.15) is 5.82 Å². The minimum Gasteiger partial charge on any atom is -0.306 e. The third-order valence-corrected chi connectivity index (χ3v) is 7.47. The molecule has 0 bridgehead atoms. The highest BCUT2D eigenvalue weighted by atomic mass is 32.2. The van der Waals surface area contributed by atoms with Gasteiger partial charge in [-0.2, -0.15) is 5.10 Å². The Hall–Kier alpha value is -1.22. The van der Waals surface area contributed by atoms with Crippen LogP contribution in [0.25, 0.3) is 10.2 Å². The van der Waals surface area contributed by atoms with Crippen LogP contribution in [-0.4, -0.2) is 37.3 Å². The van der Waals surface area contributed by atoms with E-state index in [-0.39, 0.29) is 0 Å². The van der Waals surface area contributed by atoms with Crippen LogP contribution >= 0.6 is 35.3 Å². The van der Waals surface area contributed by atoms with E-state index < -0.39 is 0 Å². The van der Waals surface area contributed by atoms with Gasteiger partial charge in [0.25, 0.3) is 0 Å². The van der Waals surface area contributed by atoms with Crippen LogP contribution in [0.1, 0.15) is 25.6 Å². The number of nitrogens with zero attached hydrogens (tertiary/aromatic N) is 5. The summed E-state index contributed by atoms with van der Waals surface area (Å²) >= 11 is 9.08. The van der Waals surface area contributed by atoms with Gasteiger partial charge < -0.3 is 4.57 Å². The van der Waals surface area contributed by atoms with Crippen molar-refractivity contribution in [3.8, 4) is 0 Å². The molecule has 8 heteroatoms. The predicted octanol–water partition coefficient (Wildman–Crippen LogP) is 4.54. The van der Waals surface area contributed by atoms with Gasteiger partial charge in [-0.3, -0.25) is 4.90 Å². The zero-order valence-corrected chi connectivity index (χ0v) is 17.5. The Kier molecular flexibility index (Phi) is 5.45. The smallest absolute Gasteiger partial charge is 0.198 e. The highest BCUT2D eigenvalue weighted by Gasteiger charge is 2.18. The molecule has 3 heterocycles.